The van der Waals surface area contributed by atoms with Crippen LogP contribution in [0.25, 0.3) is 0 Å². The topological polar surface area (TPSA) is 40.1 Å². The van der Waals surface area contributed by atoms with Crippen molar-refractivity contribution in [2.75, 3.05) is 39.8 Å². The molecule has 2 fully saturated rings. The molecule has 3 rings (SSSR count). The third-order valence-corrected chi connectivity index (χ3v) is 4.94. The zero-order valence-electron chi connectivity index (χ0n) is 15.2. The van der Waals surface area contributed by atoms with Crippen LogP contribution in [0.2, 0.25) is 0 Å². The van der Waals surface area contributed by atoms with Crippen LogP contribution in [0.15, 0.2) is 29.3 Å². The van der Waals surface area contributed by atoms with E-state index in [2.05, 4.69) is 22.0 Å². The highest BCUT2D eigenvalue weighted by atomic mass is 19.1. The molecule has 138 valence electrons. The van der Waals surface area contributed by atoms with Gasteiger partial charge in [0, 0.05) is 32.7 Å². The summed E-state index contributed by atoms with van der Waals surface area (Å²) in [6.07, 6.45) is 2.72. The van der Waals surface area contributed by atoms with E-state index in [1.54, 1.807) is 0 Å². The molecule has 1 aromatic rings. The molecule has 0 bridgehead atoms. The summed E-state index contributed by atoms with van der Waals surface area (Å²) >= 11 is 0. The molecule has 2 heterocycles. The Morgan fingerprint density at radius 3 is 2.96 bits per heavy atom. The van der Waals surface area contributed by atoms with Gasteiger partial charge >= 0.3 is 0 Å². The van der Waals surface area contributed by atoms with Crippen LogP contribution in [0.4, 0.5) is 4.39 Å². The molecule has 1 N–H and O–H groups in total. The standard InChI is InChI=1S/C19H29FN4O/c1-3-21-19(23(2)12-15-6-8-16(20)9-7-15)22-11-18-13-24-10-4-5-17(24)14-25-18/h6-9,17-18H,3-5,10-14H2,1-2H3,(H,21,22). The Morgan fingerprint density at radius 2 is 2.20 bits per heavy atom. The number of halogens is 1. The van der Waals surface area contributed by atoms with E-state index in [1.807, 2.05) is 19.2 Å². The van der Waals surface area contributed by atoms with Gasteiger partial charge in [0.15, 0.2) is 5.96 Å². The Balaban J connectivity index is 1.57. The van der Waals surface area contributed by atoms with Gasteiger partial charge in [-0.15, -0.1) is 0 Å². The minimum absolute atomic E-state index is 0.169. The highest BCUT2D eigenvalue weighted by Gasteiger charge is 2.32. The number of hydrogen-bond donors (Lipinski definition) is 1. The van der Waals surface area contributed by atoms with Crippen LogP contribution in [0.3, 0.4) is 0 Å². The Morgan fingerprint density at radius 1 is 1.40 bits per heavy atom. The summed E-state index contributed by atoms with van der Waals surface area (Å²) in [6, 6.07) is 7.24. The number of ether oxygens (including phenoxy) is 1. The molecule has 1 aromatic carbocycles. The molecular formula is C19H29FN4O. The second-order valence-electron chi connectivity index (χ2n) is 6.92. The molecule has 0 saturated carbocycles. The van der Waals surface area contributed by atoms with Crippen molar-refractivity contribution < 1.29 is 9.13 Å². The predicted molar refractivity (Wildman–Crippen MR) is 98.2 cm³/mol. The lowest BCUT2D eigenvalue weighted by Gasteiger charge is -2.34. The average molecular weight is 348 g/mol. The molecule has 2 aliphatic rings. The first-order chi connectivity index (χ1) is 12.2. The van der Waals surface area contributed by atoms with Crippen LogP contribution in [-0.4, -0.2) is 67.7 Å². The van der Waals surface area contributed by atoms with Gasteiger partial charge in [-0.25, -0.2) is 4.39 Å². The molecule has 0 spiro atoms. The van der Waals surface area contributed by atoms with Gasteiger partial charge in [0.2, 0.25) is 0 Å². The van der Waals surface area contributed by atoms with E-state index in [-0.39, 0.29) is 11.9 Å². The van der Waals surface area contributed by atoms with Gasteiger partial charge in [-0.05, 0) is 44.0 Å². The number of nitrogens with one attached hydrogen (secondary N) is 1. The Bertz CT molecular complexity index is 577. The van der Waals surface area contributed by atoms with Gasteiger partial charge in [0.1, 0.15) is 5.82 Å². The number of benzene rings is 1. The summed E-state index contributed by atoms with van der Waals surface area (Å²) in [4.78, 5) is 9.38. The fraction of sp³-hybridized carbons (Fsp3) is 0.632. The minimum Gasteiger partial charge on any atom is -0.373 e. The van der Waals surface area contributed by atoms with Crippen molar-refractivity contribution in [3.05, 3.63) is 35.6 Å². The lowest BCUT2D eigenvalue weighted by Crippen LogP contribution is -2.47. The number of rotatable bonds is 5. The Labute approximate surface area is 149 Å². The van der Waals surface area contributed by atoms with Crippen molar-refractivity contribution in [1.29, 1.82) is 0 Å². The van der Waals surface area contributed by atoms with Crippen LogP contribution >= 0.6 is 0 Å². The number of aliphatic imine (C=N–C) groups is 1. The van der Waals surface area contributed by atoms with Gasteiger partial charge in [-0.1, -0.05) is 12.1 Å². The van der Waals surface area contributed by atoms with E-state index in [1.165, 1.54) is 31.5 Å². The lowest BCUT2D eigenvalue weighted by atomic mass is 10.2. The molecule has 0 aromatic heterocycles. The number of morpholine rings is 1. The Hall–Kier alpha value is -1.66. The van der Waals surface area contributed by atoms with Gasteiger partial charge < -0.3 is 15.0 Å². The zero-order valence-corrected chi connectivity index (χ0v) is 15.2. The molecule has 2 saturated heterocycles. The number of nitrogens with zero attached hydrogens (tertiary/aromatic N) is 3. The van der Waals surface area contributed by atoms with Crippen LogP contribution < -0.4 is 5.32 Å². The van der Waals surface area contributed by atoms with E-state index in [9.17, 15) is 4.39 Å². The van der Waals surface area contributed by atoms with Gasteiger partial charge in [0.05, 0.1) is 19.3 Å². The number of hydrogen-bond acceptors (Lipinski definition) is 3. The van der Waals surface area contributed by atoms with E-state index >= 15 is 0 Å². The first-order valence-corrected chi connectivity index (χ1v) is 9.25. The second kappa shape index (κ2) is 8.63. The van der Waals surface area contributed by atoms with Crippen LogP contribution in [0.5, 0.6) is 0 Å². The fourth-order valence-corrected chi connectivity index (χ4v) is 3.59. The van der Waals surface area contributed by atoms with Crippen molar-refractivity contribution in [1.82, 2.24) is 15.1 Å². The van der Waals surface area contributed by atoms with Crippen molar-refractivity contribution in [2.24, 2.45) is 4.99 Å². The van der Waals surface area contributed by atoms with E-state index < -0.39 is 0 Å². The quantitative estimate of drug-likeness (QED) is 0.653. The van der Waals surface area contributed by atoms with E-state index in [4.69, 9.17) is 9.73 Å². The lowest BCUT2D eigenvalue weighted by molar-refractivity contribution is -0.0432. The van der Waals surface area contributed by atoms with Crippen molar-refractivity contribution in [3.8, 4) is 0 Å². The first-order valence-electron chi connectivity index (χ1n) is 9.25. The maximum Gasteiger partial charge on any atom is 0.194 e. The van der Waals surface area contributed by atoms with Gasteiger partial charge in [0.25, 0.3) is 0 Å². The van der Waals surface area contributed by atoms with Crippen molar-refractivity contribution in [2.45, 2.75) is 38.5 Å². The summed E-state index contributed by atoms with van der Waals surface area (Å²) in [5.74, 6) is 0.653. The van der Waals surface area contributed by atoms with E-state index in [0.29, 0.717) is 19.1 Å². The molecule has 5 nitrogen and oxygen atoms in total. The molecule has 2 aliphatic heterocycles. The molecule has 25 heavy (non-hydrogen) atoms. The monoisotopic (exact) mass is 348 g/mol. The van der Waals surface area contributed by atoms with Crippen molar-refractivity contribution in [3.63, 3.8) is 0 Å². The maximum atomic E-state index is 13.1. The molecular weight excluding hydrogens is 319 g/mol. The SMILES string of the molecule is CCNC(=NCC1CN2CCCC2CO1)N(C)Cc1ccc(F)cc1. The van der Waals surface area contributed by atoms with Crippen LogP contribution in [0, 0.1) is 5.82 Å². The highest BCUT2D eigenvalue weighted by Crippen LogP contribution is 2.22. The van der Waals surface area contributed by atoms with Crippen LogP contribution in [-0.2, 0) is 11.3 Å². The highest BCUT2D eigenvalue weighted by molar-refractivity contribution is 5.79. The molecule has 2 unspecified atom stereocenters. The van der Waals surface area contributed by atoms with Gasteiger partial charge in [-0.2, -0.15) is 0 Å². The third-order valence-electron chi connectivity index (χ3n) is 4.94. The summed E-state index contributed by atoms with van der Waals surface area (Å²) < 4.78 is 19.1. The first kappa shape index (κ1) is 18.1. The van der Waals surface area contributed by atoms with E-state index in [0.717, 1.165) is 31.2 Å². The summed E-state index contributed by atoms with van der Waals surface area (Å²) in [7, 11) is 2.00. The number of fused-ring (bicyclic) bond motifs is 1. The van der Waals surface area contributed by atoms with Gasteiger partial charge in [-0.3, -0.25) is 9.89 Å². The molecule has 0 radical (unpaired) electrons. The second-order valence-corrected chi connectivity index (χ2v) is 6.92. The average Bonchev–Trinajstić information content (AvgIpc) is 3.08. The maximum absolute atomic E-state index is 13.1. The van der Waals surface area contributed by atoms with Crippen molar-refractivity contribution >= 4 is 5.96 Å². The molecule has 2 atom stereocenters. The molecule has 0 aliphatic carbocycles. The minimum atomic E-state index is -0.207. The smallest absolute Gasteiger partial charge is 0.194 e. The predicted octanol–water partition coefficient (Wildman–Crippen LogP) is 2.09. The molecule has 6 heteroatoms. The normalized spacial score (nSPS) is 24.2. The summed E-state index contributed by atoms with van der Waals surface area (Å²) in [6.45, 7) is 7.24. The largest absolute Gasteiger partial charge is 0.373 e. The number of guanidine groups is 1. The van der Waals surface area contributed by atoms with Crippen LogP contribution in [0.1, 0.15) is 25.3 Å². The molecule has 0 amide bonds. The summed E-state index contributed by atoms with van der Waals surface area (Å²) in [5, 5.41) is 3.33. The summed E-state index contributed by atoms with van der Waals surface area (Å²) in [5.41, 5.74) is 1.06. The Kier molecular flexibility index (Phi) is 6.26. The fourth-order valence-electron chi connectivity index (χ4n) is 3.59. The zero-order chi connectivity index (χ0) is 17.6. The third kappa shape index (κ3) is 4.92.